The van der Waals surface area contributed by atoms with Crippen molar-refractivity contribution in [3.63, 3.8) is 0 Å². The van der Waals surface area contributed by atoms with Gasteiger partial charge in [0.1, 0.15) is 0 Å². The highest BCUT2D eigenvalue weighted by Crippen LogP contribution is 2.24. The first kappa shape index (κ1) is 18.3. The lowest BCUT2D eigenvalue weighted by Gasteiger charge is -2.03. The molecule has 4 rings (SSSR count). The maximum absolute atomic E-state index is 12.3. The van der Waals surface area contributed by atoms with Crippen molar-refractivity contribution in [2.75, 3.05) is 5.32 Å². The number of rotatable bonds is 4. The standard InChI is InChI=1S/C19H15ClN6OS/c1-11-3-5-13(6-4-11)18(27)22-19-21-17(24-28-19)16-12(2)26(25-23-16)15-9-7-14(20)8-10-15/h3-10H,1-2H3,(H,21,22,24,27). The Hall–Kier alpha value is -3.10. The average molecular weight is 411 g/mol. The third-order valence-corrected chi connectivity index (χ3v) is 5.02. The summed E-state index contributed by atoms with van der Waals surface area (Å²) in [7, 11) is 0. The first-order valence-electron chi connectivity index (χ1n) is 8.41. The summed E-state index contributed by atoms with van der Waals surface area (Å²) < 4.78 is 6.00. The summed E-state index contributed by atoms with van der Waals surface area (Å²) in [6, 6.07) is 14.6. The Morgan fingerprint density at radius 1 is 1.07 bits per heavy atom. The molecule has 4 aromatic rings. The van der Waals surface area contributed by atoms with Gasteiger partial charge in [-0.25, -0.2) is 4.68 Å². The van der Waals surface area contributed by atoms with Crippen molar-refractivity contribution >= 4 is 34.2 Å². The van der Waals surface area contributed by atoms with Crippen molar-refractivity contribution in [3.8, 4) is 17.2 Å². The lowest BCUT2D eigenvalue weighted by Crippen LogP contribution is -2.11. The van der Waals surface area contributed by atoms with Gasteiger partial charge in [-0.2, -0.15) is 9.36 Å². The maximum Gasteiger partial charge on any atom is 0.257 e. The van der Waals surface area contributed by atoms with E-state index < -0.39 is 0 Å². The van der Waals surface area contributed by atoms with Crippen LogP contribution in [0, 0.1) is 13.8 Å². The van der Waals surface area contributed by atoms with E-state index in [2.05, 4.69) is 25.0 Å². The Kier molecular flexibility index (Phi) is 4.89. The van der Waals surface area contributed by atoms with Crippen molar-refractivity contribution < 1.29 is 4.79 Å². The van der Waals surface area contributed by atoms with E-state index in [1.54, 1.807) is 28.9 Å². The van der Waals surface area contributed by atoms with Crippen LogP contribution in [0.25, 0.3) is 17.2 Å². The van der Waals surface area contributed by atoms with Gasteiger partial charge in [0.25, 0.3) is 5.91 Å². The first-order valence-corrected chi connectivity index (χ1v) is 9.57. The van der Waals surface area contributed by atoms with Gasteiger partial charge < -0.3 is 0 Å². The topological polar surface area (TPSA) is 85.6 Å². The number of nitrogens with zero attached hydrogens (tertiary/aromatic N) is 5. The second kappa shape index (κ2) is 7.49. The van der Waals surface area contributed by atoms with Gasteiger partial charge in [0, 0.05) is 22.1 Å². The molecule has 0 aliphatic carbocycles. The number of aryl methyl sites for hydroxylation is 1. The van der Waals surface area contributed by atoms with E-state index in [-0.39, 0.29) is 5.91 Å². The quantitative estimate of drug-likeness (QED) is 0.541. The molecular weight excluding hydrogens is 396 g/mol. The van der Waals surface area contributed by atoms with Crippen molar-refractivity contribution in [1.29, 1.82) is 0 Å². The molecule has 9 heteroatoms. The smallest absolute Gasteiger partial charge is 0.257 e. The Bertz CT molecular complexity index is 1130. The highest BCUT2D eigenvalue weighted by molar-refractivity contribution is 7.10. The molecule has 2 heterocycles. The monoisotopic (exact) mass is 410 g/mol. The number of hydrogen-bond acceptors (Lipinski definition) is 6. The molecule has 0 unspecified atom stereocenters. The third kappa shape index (κ3) is 3.64. The maximum atomic E-state index is 12.3. The van der Waals surface area contributed by atoms with Gasteiger partial charge in [-0.1, -0.05) is 34.5 Å². The van der Waals surface area contributed by atoms with Crippen LogP contribution in [0.3, 0.4) is 0 Å². The van der Waals surface area contributed by atoms with Gasteiger partial charge in [-0.15, -0.1) is 5.10 Å². The zero-order valence-electron chi connectivity index (χ0n) is 15.0. The molecule has 0 spiro atoms. The number of hydrogen-bond donors (Lipinski definition) is 1. The molecule has 0 aliphatic heterocycles. The van der Waals surface area contributed by atoms with Crippen molar-refractivity contribution in [2.45, 2.75) is 13.8 Å². The zero-order valence-corrected chi connectivity index (χ0v) is 16.6. The fourth-order valence-corrected chi connectivity index (χ4v) is 3.30. The SMILES string of the molecule is Cc1ccc(C(=O)Nc2nc(-c3nnn(-c4ccc(Cl)cc4)c3C)ns2)cc1. The van der Waals surface area contributed by atoms with E-state index in [4.69, 9.17) is 11.6 Å². The van der Waals surface area contributed by atoms with E-state index in [1.807, 2.05) is 38.1 Å². The summed E-state index contributed by atoms with van der Waals surface area (Å²) in [5.41, 5.74) is 3.84. The molecule has 140 valence electrons. The fourth-order valence-electron chi connectivity index (χ4n) is 2.61. The normalized spacial score (nSPS) is 10.8. The molecule has 28 heavy (non-hydrogen) atoms. The molecule has 0 aliphatic rings. The highest BCUT2D eigenvalue weighted by Gasteiger charge is 2.18. The number of nitrogens with one attached hydrogen (secondary N) is 1. The van der Waals surface area contributed by atoms with Crippen LogP contribution in [0.5, 0.6) is 0 Å². The molecule has 0 bridgehead atoms. The van der Waals surface area contributed by atoms with E-state index in [1.165, 1.54) is 0 Å². The van der Waals surface area contributed by atoms with E-state index in [0.29, 0.717) is 27.2 Å². The predicted octanol–water partition coefficient (Wildman–Crippen LogP) is 4.31. The van der Waals surface area contributed by atoms with Gasteiger partial charge in [-0.3, -0.25) is 10.1 Å². The minimum absolute atomic E-state index is 0.232. The molecule has 0 atom stereocenters. The Balaban J connectivity index is 1.55. The Morgan fingerprint density at radius 2 is 1.79 bits per heavy atom. The lowest BCUT2D eigenvalue weighted by molar-refractivity contribution is 0.102. The number of benzene rings is 2. The molecule has 2 aromatic carbocycles. The molecular formula is C19H15ClN6OS. The first-order chi connectivity index (χ1) is 13.5. The van der Waals surface area contributed by atoms with Gasteiger partial charge in [0.15, 0.2) is 11.5 Å². The molecule has 1 amide bonds. The third-order valence-electron chi connectivity index (χ3n) is 4.14. The van der Waals surface area contributed by atoms with Crippen molar-refractivity contribution in [2.24, 2.45) is 0 Å². The van der Waals surface area contributed by atoms with Crippen LogP contribution in [0.4, 0.5) is 5.13 Å². The minimum atomic E-state index is -0.232. The number of anilines is 1. The average Bonchev–Trinajstić information content (AvgIpc) is 3.29. The molecule has 0 radical (unpaired) electrons. The summed E-state index contributed by atoms with van der Waals surface area (Å²) in [5.74, 6) is 0.186. The van der Waals surface area contributed by atoms with E-state index in [9.17, 15) is 4.79 Å². The van der Waals surface area contributed by atoms with Crippen LogP contribution >= 0.6 is 23.1 Å². The largest absolute Gasteiger partial charge is 0.297 e. The van der Waals surface area contributed by atoms with Gasteiger partial charge in [0.2, 0.25) is 5.13 Å². The van der Waals surface area contributed by atoms with Crippen LogP contribution in [-0.2, 0) is 0 Å². The van der Waals surface area contributed by atoms with Gasteiger partial charge in [0.05, 0.1) is 11.4 Å². The van der Waals surface area contributed by atoms with Crippen molar-refractivity contribution in [1.82, 2.24) is 24.4 Å². The summed E-state index contributed by atoms with van der Waals surface area (Å²) >= 11 is 7.04. The molecule has 2 aromatic heterocycles. The zero-order chi connectivity index (χ0) is 19.7. The van der Waals surface area contributed by atoms with Crippen LogP contribution in [0.1, 0.15) is 21.6 Å². The Morgan fingerprint density at radius 3 is 2.50 bits per heavy atom. The number of carbonyl (C=O) groups is 1. The lowest BCUT2D eigenvalue weighted by atomic mass is 10.1. The summed E-state index contributed by atoms with van der Waals surface area (Å²) in [6.45, 7) is 3.85. The molecule has 7 nitrogen and oxygen atoms in total. The molecule has 1 N–H and O–H groups in total. The number of amides is 1. The van der Waals surface area contributed by atoms with Crippen LogP contribution in [-0.4, -0.2) is 30.3 Å². The molecule has 0 saturated heterocycles. The molecule has 0 fully saturated rings. The van der Waals surface area contributed by atoms with Crippen molar-refractivity contribution in [3.05, 3.63) is 70.4 Å². The van der Waals surface area contributed by atoms with Gasteiger partial charge in [-0.05, 0) is 50.2 Å². The number of aromatic nitrogens is 5. The summed E-state index contributed by atoms with van der Waals surface area (Å²) in [6.07, 6.45) is 0. The summed E-state index contributed by atoms with van der Waals surface area (Å²) in [4.78, 5) is 16.7. The van der Waals surface area contributed by atoms with E-state index in [0.717, 1.165) is 28.5 Å². The second-order valence-corrected chi connectivity index (χ2v) is 7.34. The number of carbonyl (C=O) groups excluding carboxylic acids is 1. The second-order valence-electron chi connectivity index (χ2n) is 6.15. The fraction of sp³-hybridized carbons (Fsp3) is 0.105. The van der Waals surface area contributed by atoms with E-state index >= 15 is 0 Å². The van der Waals surface area contributed by atoms with Gasteiger partial charge >= 0.3 is 0 Å². The van der Waals surface area contributed by atoms with Crippen LogP contribution < -0.4 is 5.32 Å². The van der Waals surface area contributed by atoms with Crippen LogP contribution in [0.2, 0.25) is 5.02 Å². The summed E-state index contributed by atoms with van der Waals surface area (Å²) in [5, 5.41) is 12.2. The minimum Gasteiger partial charge on any atom is -0.297 e. The number of halogens is 1. The predicted molar refractivity (Wildman–Crippen MR) is 109 cm³/mol. The Labute approximate surface area is 170 Å². The molecule has 0 saturated carbocycles. The van der Waals surface area contributed by atoms with Crippen LogP contribution in [0.15, 0.2) is 48.5 Å². The highest BCUT2D eigenvalue weighted by atomic mass is 35.5.